The van der Waals surface area contributed by atoms with Crippen LogP contribution in [0.1, 0.15) is 5.56 Å². The fraction of sp³-hybridized carbons (Fsp3) is 0.250. The summed E-state index contributed by atoms with van der Waals surface area (Å²) >= 11 is 2.38. The Balaban J connectivity index is 3.60. The van der Waals surface area contributed by atoms with Gasteiger partial charge < -0.3 is 4.74 Å². The first kappa shape index (κ1) is 15.5. The number of rotatable bonds is 2. The predicted octanol–water partition coefficient (Wildman–Crippen LogP) is 4.27. The molecule has 0 saturated heterocycles. The Labute approximate surface area is 109 Å². The van der Waals surface area contributed by atoms with Crippen LogP contribution in [0.3, 0.4) is 0 Å². The van der Waals surface area contributed by atoms with E-state index in [1.54, 1.807) is 0 Å². The molecule has 106 valence electrons. The normalized spacial score (nSPS) is 12.4. The highest BCUT2D eigenvalue weighted by Gasteiger charge is 2.44. The van der Waals surface area contributed by atoms with Gasteiger partial charge in [-0.3, -0.25) is 10.1 Å². The van der Waals surface area contributed by atoms with Crippen LogP contribution in [0.2, 0.25) is 0 Å². The van der Waals surface area contributed by atoms with E-state index >= 15 is 0 Å². The van der Waals surface area contributed by atoms with Crippen LogP contribution < -0.4 is 4.74 Å². The molecule has 0 amide bonds. The van der Waals surface area contributed by atoms with Crippen LogP contribution >= 0.6 is 15.9 Å². The number of benzene rings is 1. The Morgan fingerprint density at radius 2 is 1.68 bits per heavy atom. The van der Waals surface area contributed by atoms with E-state index in [2.05, 4.69) is 20.7 Å². The molecule has 0 heterocycles. The monoisotopic (exact) mass is 353 g/mol. The lowest BCUT2D eigenvalue weighted by Gasteiger charge is -2.16. The molecule has 0 aliphatic rings. The van der Waals surface area contributed by atoms with Crippen LogP contribution in [-0.4, -0.2) is 11.3 Å². The number of alkyl halides is 6. The van der Waals surface area contributed by atoms with Crippen LogP contribution in [0.25, 0.3) is 0 Å². The van der Waals surface area contributed by atoms with Crippen molar-refractivity contribution in [3.63, 3.8) is 0 Å². The van der Waals surface area contributed by atoms with Crippen molar-refractivity contribution < 1.29 is 36.0 Å². The fourth-order valence-corrected chi connectivity index (χ4v) is 1.71. The highest BCUT2D eigenvalue weighted by atomic mass is 79.9. The van der Waals surface area contributed by atoms with Gasteiger partial charge in [-0.05, 0) is 6.07 Å². The summed E-state index contributed by atoms with van der Waals surface area (Å²) in [5.74, 6) is -1.90. The Hall–Kier alpha value is -1.52. The van der Waals surface area contributed by atoms with E-state index in [1.165, 1.54) is 0 Å². The summed E-state index contributed by atoms with van der Waals surface area (Å²) in [4.78, 5) is 9.07. The van der Waals surface area contributed by atoms with Gasteiger partial charge in [-0.15, -0.1) is 13.2 Å². The molecular weight excluding hydrogens is 352 g/mol. The van der Waals surface area contributed by atoms with Crippen LogP contribution in [0.5, 0.6) is 5.75 Å². The molecule has 0 N–H and O–H groups in total. The Bertz CT molecular complexity index is 512. The highest BCUT2D eigenvalue weighted by Crippen LogP contribution is 2.47. The number of nitro groups is 1. The SMILES string of the molecule is O=[N+]([O-])c1ccc(Br)c(C(F)(F)F)c1OC(F)(F)F. The van der Waals surface area contributed by atoms with Gasteiger partial charge in [0.05, 0.1) is 4.92 Å². The summed E-state index contributed by atoms with van der Waals surface area (Å²) < 4.78 is 76.4. The van der Waals surface area contributed by atoms with E-state index in [0.29, 0.717) is 12.1 Å². The molecule has 0 fully saturated rings. The van der Waals surface area contributed by atoms with Gasteiger partial charge in [-0.2, -0.15) is 13.2 Å². The molecule has 0 saturated carbocycles. The van der Waals surface area contributed by atoms with Gasteiger partial charge in [0.25, 0.3) is 0 Å². The minimum absolute atomic E-state index is 0.473. The second kappa shape index (κ2) is 4.87. The summed E-state index contributed by atoms with van der Waals surface area (Å²) in [6.07, 6.45) is -10.8. The van der Waals surface area contributed by atoms with Gasteiger partial charge in [-0.1, -0.05) is 15.9 Å². The second-order valence-corrected chi connectivity index (χ2v) is 3.93. The number of hydrogen-bond acceptors (Lipinski definition) is 3. The van der Waals surface area contributed by atoms with Crippen molar-refractivity contribution in [2.75, 3.05) is 0 Å². The number of ether oxygens (including phenoxy) is 1. The molecule has 0 aliphatic heterocycles. The first-order valence-corrected chi connectivity index (χ1v) is 5.02. The zero-order valence-corrected chi connectivity index (χ0v) is 10.1. The standard InChI is InChI=1S/C8H2BrF6NO3/c9-3-1-2-4(16(17)18)6(19-8(13,14)15)5(3)7(10,11)12/h1-2H. The summed E-state index contributed by atoms with van der Waals surface area (Å²) in [6.45, 7) is 0. The summed E-state index contributed by atoms with van der Waals surface area (Å²) in [7, 11) is 0. The summed E-state index contributed by atoms with van der Waals surface area (Å²) in [6, 6.07) is 1.09. The molecule has 19 heavy (non-hydrogen) atoms. The molecule has 0 aromatic heterocycles. The van der Waals surface area contributed by atoms with Gasteiger partial charge in [0, 0.05) is 10.5 Å². The van der Waals surface area contributed by atoms with Gasteiger partial charge in [0.2, 0.25) is 5.75 Å². The molecule has 0 bridgehead atoms. The maximum atomic E-state index is 12.6. The smallest absolute Gasteiger partial charge is 0.398 e. The maximum absolute atomic E-state index is 12.6. The third-order valence-corrected chi connectivity index (χ3v) is 2.44. The van der Waals surface area contributed by atoms with Gasteiger partial charge in [-0.25, -0.2) is 0 Å². The first-order chi connectivity index (χ1) is 8.43. The number of nitro benzene ring substituents is 1. The van der Waals surface area contributed by atoms with E-state index in [-0.39, 0.29) is 0 Å². The quantitative estimate of drug-likeness (QED) is 0.453. The molecule has 4 nitrogen and oxygen atoms in total. The molecular formula is C8H2BrF6NO3. The lowest BCUT2D eigenvalue weighted by atomic mass is 10.1. The van der Waals surface area contributed by atoms with Gasteiger partial charge in [0.15, 0.2) is 0 Å². The minimum Gasteiger partial charge on any atom is -0.398 e. The number of nitrogens with zero attached hydrogens (tertiary/aromatic N) is 1. The Kier molecular flexibility index (Phi) is 3.98. The Morgan fingerprint density at radius 1 is 1.16 bits per heavy atom. The third kappa shape index (κ3) is 3.72. The van der Waals surface area contributed by atoms with E-state index in [1.807, 2.05) is 0 Å². The second-order valence-electron chi connectivity index (χ2n) is 3.07. The van der Waals surface area contributed by atoms with Crippen molar-refractivity contribution >= 4 is 21.6 Å². The number of halogens is 7. The topological polar surface area (TPSA) is 52.4 Å². The lowest BCUT2D eigenvalue weighted by Crippen LogP contribution is -2.21. The zero-order valence-electron chi connectivity index (χ0n) is 8.47. The van der Waals surface area contributed by atoms with E-state index in [9.17, 15) is 36.5 Å². The molecule has 1 aromatic rings. The van der Waals surface area contributed by atoms with Crippen LogP contribution in [-0.2, 0) is 6.18 Å². The lowest BCUT2D eigenvalue weighted by molar-refractivity contribution is -0.389. The molecule has 0 unspecified atom stereocenters. The zero-order chi connectivity index (χ0) is 15.0. The molecule has 0 aliphatic carbocycles. The fourth-order valence-electron chi connectivity index (χ4n) is 1.17. The third-order valence-electron chi connectivity index (χ3n) is 1.78. The molecule has 0 atom stereocenters. The maximum Gasteiger partial charge on any atom is 0.573 e. The average molecular weight is 354 g/mol. The minimum atomic E-state index is -5.49. The predicted molar refractivity (Wildman–Crippen MR) is 52.5 cm³/mol. The Morgan fingerprint density at radius 3 is 2.05 bits per heavy atom. The first-order valence-electron chi connectivity index (χ1n) is 4.23. The summed E-state index contributed by atoms with van der Waals surface area (Å²) in [5, 5.41) is 10.5. The van der Waals surface area contributed by atoms with Crippen molar-refractivity contribution in [2.24, 2.45) is 0 Å². The van der Waals surface area contributed by atoms with Crippen molar-refractivity contribution in [1.29, 1.82) is 0 Å². The van der Waals surface area contributed by atoms with Gasteiger partial charge in [0.1, 0.15) is 5.56 Å². The molecule has 11 heteroatoms. The van der Waals surface area contributed by atoms with Gasteiger partial charge >= 0.3 is 18.2 Å². The van der Waals surface area contributed by atoms with Crippen molar-refractivity contribution in [2.45, 2.75) is 12.5 Å². The van der Waals surface area contributed by atoms with Crippen LogP contribution in [0, 0.1) is 10.1 Å². The van der Waals surface area contributed by atoms with Crippen molar-refractivity contribution in [3.8, 4) is 5.75 Å². The van der Waals surface area contributed by atoms with Crippen molar-refractivity contribution in [3.05, 3.63) is 32.3 Å². The number of hydrogen-bond donors (Lipinski definition) is 0. The molecule has 0 radical (unpaired) electrons. The van der Waals surface area contributed by atoms with Crippen molar-refractivity contribution in [1.82, 2.24) is 0 Å². The highest BCUT2D eigenvalue weighted by molar-refractivity contribution is 9.10. The van der Waals surface area contributed by atoms with E-state index in [4.69, 9.17) is 0 Å². The van der Waals surface area contributed by atoms with Crippen LogP contribution in [0.4, 0.5) is 32.0 Å². The molecule has 0 spiro atoms. The van der Waals surface area contributed by atoms with Crippen LogP contribution in [0.15, 0.2) is 16.6 Å². The van der Waals surface area contributed by atoms with E-state index < -0.39 is 38.9 Å². The van der Waals surface area contributed by atoms with E-state index in [0.717, 1.165) is 0 Å². The molecule has 1 aromatic carbocycles. The average Bonchev–Trinajstić information content (AvgIpc) is 2.11. The largest absolute Gasteiger partial charge is 0.573 e. The molecule has 1 rings (SSSR count). The summed E-state index contributed by atoms with van der Waals surface area (Å²) in [5.41, 5.74) is -3.34.